The minimum Gasteiger partial charge on any atom is -0.303 e. The van der Waals surface area contributed by atoms with Gasteiger partial charge in [-0.25, -0.2) is 0 Å². The van der Waals surface area contributed by atoms with Crippen LogP contribution in [0.1, 0.15) is 14.5 Å². The van der Waals surface area contributed by atoms with E-state index >= 15 is 0 Å². The lowest BCUT2D eigenvalue weighted by atomic mass is 10.4. The van der Waals surface area contributed by atoms with Crippen molar-refractivity contribution in [2.24, 2.45) is 0 Å². The van der Waals surface area contributed by atoms with Crippen LogP contribution in [0.2, 0.25) is 0 Å². The molecule has 7 heteroatoms. The van der Waals surface area contributed by atoms with E-state index in [0.717, 1.165) is 23.6 Å². The molecule has 0 N–H and O–H groups in total. The monoisotopic (exact) mass is 486 g/mol. The van der Waals surface area contributed by atoms with Crippen LogP contribution in [0, 0.1) is 0 Å². The third-order valence-electron chi connectivity index (χ3n) is 1.88. The van der Waals surface area contributed by atoms with Crippen molar-refractivity contribution in [1.82, 2.24) is 0 Å². The summed E-state index contributed by atoms with van der Waals surface area (Å²) in [6, 6.07) is 7.59. The second-order valence-corrected chi connectivity index (χ2v) is 8.81. The molecule has 0 amide bonds. The van der Waals surface area contributed by atoms with Crippen molar-refractivity contribution in [3.8, 4) is 0 Å². The van der Waals surface area contributed by atoms with E-state index in [-0.39, 0.29) is 5.78 Å². The standard InChI is InChI=1S/C6H4Br2OS.C6H5BrOS/c7-3-4(9)5-1-2-6(8)10-5;7-6-2-1-5(9-6)3-4-8/h1-2H,3H2;1-2,4H,3H2. The number of halogens is 3. The highest BCUT2D eigenvalue weighted by atomic mass is 79.9. The molecule has 0 spiro atoms. The van der Waals surface area contributed by atoms with E-state index in [9.17, 15) is 9.59 Å². The molecule has 19 heavy (non-hydrogen) atoms. The fraction of sp³-hybridized carbons (Fsp3) is 0.167. The minimum atomic E-state index is 0.135. The molecule has 0 bridgehead atoms. The molecule has 0 aliphatic carbocycles. The van der Waals surface area contributed by atoms with Crippen LogP contribution >= 0.6 is 70.5 Å². The topological polar surface area (TPSA) is 34.1 Å². The molecule has 0 radical (unpaired) electrons. The Balaban J connectivity index is 0.000000191. The van der Waals surface area contributed by atoms with Gasteiger partial charge in [0, 0.05) is 11.3 Å². The summed E-state index contributed by atoms with van der Waals surface area (Å²) in [6.45, 7) is 0. The van der Waals surface area contributed by atoms with Gasteiger partial charge in [-0.15, -0.1) is 22.7 Å². The van der Waals surface area contributed by atoms with Crippen LogP contribution in [0.4, 0.5) is 0 Å². The van der Waals surface area contributed by atoms with Gasteiger partial charge in [0.2, 0.25) is 0 Å². The molecule has 2 rings (SSSR count). The Morgan fingerprint density at radius 1 is 1.11 bits per heavy atom. The number of carbonyl (C=O) groups excluding carboxylic acids is 2. The van der Waals surface area contributed by atoms with Crippen LogP contribution in [0.15, 0.2) is 31.8 Å². The SMILES string of the molecule is O=C(CBr)c1ccc(Br)s1.O=CCc1ccc(Br)s1. The zero-order chi connectivity index (χ0) is 14.3. The summed E-state index contributed by atoms with van der Waals surface area (Å²) in [5.41, 5.74) is 0. The third kappa shape index (κ3) is 6.44. The number of hydrogen-bond donors (Lipinski definition) is 0. The van der Waals surface area contributed by atoms with Gasteiger partial charge in [0.25, 0.3) is 0 Å². The van der Waals surface area contributed by atoms with E-state index in [0.29, 0.717) is 11.8 Å². The van der Waals surface area contributed by atoms with Crippen LogP contribution in [0.3, 0.4) is 0 Å². The minimum absolute atomic E-state index is 0.135. The molecule has 102 valence electrons. The van der Waals surface area contributed by atoms with Gasteiger partial charge in [-0.05, 0) is 56.1 Å². The van der Waals surface area contributed by atoms with Crippen molar-refractivity contribution < 1.29 is 9.59 Å². The Labute approximate surface area is 144 Å². The maximum Gasteiger partial charge on any atom is 0.183 e. The Morgan fingerprint density at radius 3 is 2.16 bits per heavy atom. The number of ketones is 1. The van der Waals surface area contributed by atoms with E-state index in [1.807, 2.05) is 24.3 Å². The van der Waals surface area contributed by atoms with Gasteiger partial charge < -0.3 is 4.79 Å². The molecular formula is C12H9Br3O2S2. The van der Waals surface area contributed by atoms with Crippen molar-refractivity contribution in [3.63, 3.8) is 0 Å². The molecule has 0 atom stereocenters. The summed E-state index contributed by atoms with van der Waals surface area (Å²) in [5.74, 6) is 0.135. The van der Waals surface area contributed by atoms with Crippen LogP contribution in [0.5, 0.6) is 0 Å². The molecule has 0 saturated carbocycles. The van der Waals surface area contributed by atoms with Gasteiger partial charge in [-0.2, -0.15) is 0 Å². The molecule has 0 aliphatic heterocycles. The third-order valence-corrected chi connectivity index (χ3v) is 5.70. The Morgan fingerprint density at radius 2 is 1.74 bits per heavy atom. The van der Waals surface area contributed by atoms with Gasteiger partial charge in [0.1, 0.15) is 6.29 Å². The second-order valence-electron chi connectivity index (χ2n) is 3.24. The molecule has 0 unspecified atom stereocenters. The van der Waals surface area contributed by atoms with Gasteiger partial charge in [0.15, 0.2) is 5.78 Å². The summed E-state index contributed by atoms with van der Waals surface area (Å²) in [4.78, 5) is 22.8. The molecule has 0 saturated heterocycles. The fourth-order valence-corrected chi connectivity index (χ4v) is 4.31. The van der Waals surface area contributed by atoms with E-state index in [2.05, 4.69) is 47.8 Å². The molecule has 2 aromatic rings. The molecule has 2 nitrogen and oxygen atoms in total. The Hall–Kier alpha value is 0.180. The largest absolute Gasteiger partial charge is 0.303 e. The number of rotatable bonds is 4. The van der Waals surface area contributed by atoms with Gasteiger partial charge in [-0.1, -0.05) is 15.9 Å². The predicted molar refractivity (Wildman–Crippen MR) is 91.9 cm³/mol. The maximum absolute atomic E-state index is 11.0. The van der Waals surface area contributed by atoms with Crippen molar-refractivity contribution in [3.05, 3.63) is 41.6 Å². The van der Waals surface area contributed by atoms with Crippen LogP contribution < -0.4 is 0 Å². The number of aldehydes is 1. The van der Waals surface area contributed by atoms with Gasteiger partial charge in [0.05, 0.1) is 17.8 Å². The Kier molecular flexibility index (Phi) is 8.32. The number of carbonyl (C=O) groups is 2. The quantitative estimate of drug-likeness (QED) is 0.331. The van der Waals surface area contributed by atoms with Crippen LogP contribution in [-0.4, -0.2) is 17.4 Å². The highest BCUT2D eigenvalue weighted by molar-refractivity contribution is 9.11. The van der Waals surface area contributed by atoms with E-state index < -0.39 is 0 Å². The van der Waals surface area contributed by atoms with E-state index in [1.54, 1.807) is 11.3 Å². The first kappa shape index (κ1) is 17.2. The van der Waals surface area contributed by atoms with Crippen molar-refractivity contribution in [2.45, 2.75) is 6.42 Å². The smallest absolute Gasteiger partial charge is 0.183 e. The second kappa shape index (κ2) is 9.18. The lowest BCUT2D eigenvalue weighted by Gasteiger charge is -1.85. The number of alkyl halides is 1. The summed E-state index contributed by atoms with van der Waals surface area (Å²) >= 11 is 12.7. The lowest BCUT2D eigenvalue weighted by Crippen LogP contribution is -1.94. The van der Waals surface area contributed by atoms with Gasteiger partial charge in [-0.3, -0.25) is 4.79 Å². The predicted octanol–water partition coefficient (Wildman–Crippen LogP) is 5.34. The molecule has 2 aromatic heterocycles. The maximum atomic E-state index is 11.0. The van der Waals surface area contributed by atoms with Crippen molar-refractivity contribution in [1.29, 1.82) is 0 Å². The summed E-state index contributed by atoms with van der Waals surface area (Å²) in [6.07, 6.45) is 1.45. The zero-order valence-electron chi connectivity index (χ0n) is 9.57. The molecule has 0 aliphatic rings. The summed E-state index contributed by atoms with van der Waals surface area (Å²) in [5, 5.41) is 0.403. The fourth-order valence-electron chi connectivity index (χ4n) is 1.07. The van der Waals surface area contributed by atoms with E-state index in [1.165, 1.54) is 11.3 Å². The lowest BCUT2D eigenvalue weighted by molar-refractivity contribution is -0.107. The van der Waals surface area contributed by atoms with E-state index in [4.69, 9.17) is 0 Å². The zero-order valence-corrected chi connectivity index (χ0v) is 16.0. The van der Waals surface area contributed by atoms with Crippen molar-refractivity contribution in [2.75, 3.05) is 5.33 Å². The number of thiophene rings is 2. The van der Waals surface area contributed by atoms with Crippen LogP contribution in [0.25, 0.3) is 0 Å². The molecule has 0 aromatic carbocycles. The normalized spacial score (nSPS) is 9.63. The summed E-state index contributed by atoms with van der Waals surface area (Å²) < 4.78 is 2.08. The number of Topliss-reactive ketones (excluding diaryl/α,β-unsaturated/α-hetero) is 1. The number of hydrogen-bond acceptors (Lipinski definition) is 4. The average molecular weight is 489 g/mol. The highest BCUT2D eigenvalue weighted by Crippen LogP contribution is 2.22. The first-order chi connectivity index (χ1) is 9.06. The van der Waals surface area contributed by atoms with Crippen LogP contribution in [-0.2, 0) is 11.2 Å². The van der Waals surface area contributed by atoms with Gasteiger partial charge >= 0.3 is 0 Å². The molecular weight excluding hydrogens is 480 g/mol. The Bertz CT molecular complexity index is 549. The summed E-state index contributed by atoms with van der Waals surface area (Å²) in [7, 11) is 0. The highest BCUT2D eigenvalue weighted by Gasteiger charge is 2.05. The molecule has 0 fully saturated rings. The van der Waals surface area contributed by atoms with Crippen molar-refractivity contribution >= 4 is 82.5 Å². The molecule has 2 heterocycles. The first-order valence-corrected chi connectivity index (χ1v) is 9.43. The first-order valence-electron chi connectivity index (χ1n) is 5.09. The average Bonchev–Trinajstić information content (AvgIpc) is 2.99.